The molecule has 0 aliphatic carbocycles. The van der Waals surface area contributed by atoms with Gasteiger partial charge in [0, 0.05) is 31.8 Å². The van der Waals surface area contributed by atoms with Crippen LogP contribution in [-0.2, 0) is 4.74 Å². The van der Waals surface area contributed by atoms with E-state index in [1.165, 1.54) is 7.11 Å². The summed E-state index contributed by atoms with van der Waals surface area (Å²) in [7, 11) is 1.40. The van der Waals surface area contributed by atoms with Gasteiger partial charge >= 0.3 is 6.09 Å². The van der Waals surface area contributed by atoms with Crippen molar-refractivity contribution in [3.8, 4) is 0 Å². The zero-order chi connectivity index (χ0) is 14.3. The van der Waals surface area contributed by atoms with Gasteiger partial charge in [-0.15, -0.1) is 0 Å². The molecule has 0 aromatic heterocycles. The number of nitrogens with one attached hydrogen (secondary N) is 1. The van der Waals surface area contributed by atoms with E-state index < -0.39 is 0 Å². The van der Waals surface area contributed by atoms with Gasteiger partial charge in [-0.25, -0.2) is 4.79 Å². The number of carbonyl (C=O) groups is 1. The summed E-state index contributed by atoms with van der Waals surface area (Å²) in [5.41, 5.74) is 0. The lowest BCUT2D eigenvalue weighted by molar-refractivity contribution is 0.0899. The van der Waals surface area contributed by atoms with E-state index in [2.05, 4.69) is 28.8 Å². The van der Waals surface area contributed by atoms with Crippen LogP contribution in [0.5, 0.6) is 0 Å². The predicted octanol–water partition coefficient (Wildman–Crippen LogP) is 1.60. The van der Waals surface area contributed by atoms with Crippen LogP contribution in [0.1, 0.15) is 39.5 Å². The van der Waals surface area contributed by atoms with Gasteiger partial charge in [0.2, 0.25) is 0 Å². The van der Waals surface area contributed by atoms with Gasteiger partial charge in [-0.05, 0) is 38.5 Å². The summed E-state index contributed by atoms with van der Waals surface area (Å²) in [5.74, 6) is 0.539. The average molecular weight is 272 g/mol. The first-order valence-corrected chi connectivity index (χ1v) is 7.30. The fraction of sp³-hybridized carbons (Fsp3) is 0.929. The number of rotatable bonds is 6. The second-order valence-corrected chi connectivity index (χ2v) is 5.51. The molecule has 5 heteroatoms. The smallest absolute Gasteiger partial charge is 0.407 e. The molecule has 3 unspecified atom stereocenters. The maximum Gasteiger partial charge on any atom is 0.407 e. The van der Waals surface area contributed by atoms with Crippen LogP contribution in [-0.4, -0.2) is 55.0 Å². The zero-order valence-electron chi connectivity index (χ0n) is 12.4. The lowest BCUT2D eigenvalue weighted by atomic mass is 9.89. The topological polar surface area (TPSA) is 61.8 Å². The van der Waals surface area contributed by atoms with Crippen molar-refractivity contribution in [3.05, 3.63) is 0 Å². The van der Waals surface area contributed by atoms with E-state index in [4.69, 9.17) is 5.11 Å². The highest BCUT2D eigenvalue weighted by Crippen LogP contribution is 2.23. The van der Waals surface area contributed by atoms with Crippen LogP contribution >= 0.6 is 0 Å². The maximum absolute atomic E-state index is 11.4. The van der Waals surface area contributed by atoms with Crippen molar-refractivity contribution in [2.45, 2.75) is 51.6 Å². The van der Waals surface area contributed by atoms with Gasteiger partial charge in [0.25, 0.3) is 0 Å². The van der Waals surface area contributed by atoms with Crippen molar-refractivity contribution in [2.24, 2.45) is 5.92 Å². The second kappa shape index (κ2) is 8.38. The first kappa shape index (κ1) is 16.2. The van der Waals surface area contributed by atoms with E-state index in [1.807, 2.05) is 0 Å². The minimum absolute atomic E-state index is 0.152. The van der Waals surface area contributed by atoms with Gasteiger partial charge in [0.1, 0.15) is 0 Å². The molecular weight excluding hydrogens is 244 g/mol. The number of methoxy groups -OCH3 is 1. The molecule has 3 atom stereocenters. The maximum atomic E-state index is 11.4. The lowest BCUT2D eigenvalue weighted by Gasteiger charge is -2.41. The van der Waals surface area contributed by atoms with Crippen LogP contribution in [0.2, 0.25) is 0 Å². The summed E-state index contributed by atoms with van der Waals surface area (Å²) < 4.78 is 4.68. The summed E-state index contributed by atoms with van der Waals surface area (Å²) in [5, 5.41) is 11.9. The number of amides is 1. The molecule has 0 radical (unpaired) electrons. The number of hydrogen-bond donors (Lipinski definition) is 2. The fourth-order valence-corrected chi connectivity index (χ4v) is 2.78. The monoisotopic (exact) mass is 272 g/mol. The third kappa shape index (κ3) is 5.37. The third-order valence-electron chi connectivity index (χ3n) is 4.06. The predicted molar refractivity (Wildman–Crippen MR) is 75.1 cm³/mol. The number of hydrogen-bond acceptors (Lipinski definition) is 4. The van der Waals surface area contributed by atoms with Crippen molar-refractivity contribution < 1.29 is 14.6 Å². The van der Waals surface area contributed by atoms with Crippen molar-refractivity contribution in [3.63, 3.8) is 0 Å². The van der Waals surface area contributed by atoms with Crippen LogP contribution in [0.4, 0.5) is 4.79 Å². The van der Waals surface area contributed by atoms with Crippen molar-refractivity contribution in [1.82, 2.24) is 10.2 Å². The molecule has 0 spiro atoms. The molecule has 1 heterocycles. The molecule has 1 rings (SSSR count). The van der Waals surface area contributed by atoms with Gasteiger partial charge < -0.3 is 15.2 Å². The summed E-state index contributed by atoms with van der Waals surface area (Å²) in [6.07, 6.45) is 3.59. The highest BCUT2D eigenvalue weighted by molar-refractivity contribution is 5.67. The SMILES string of the molecule is CCC(C)N1CC(CCCO)CC(NC(=O)OC)C1. The van der Waals surface area contributed by atoms with E-state index >= 15 is 0 Å². The minimum Gasteiger partial charge on any atom is -0.453 e. The molecule has 1 amide bonds. The van der Waals surface area contributed by atoms with Crippen molar-refractivity contribution in [2.75, 3.05) is 26.8 Å². The third-order valence-corrected chi connectivity index (χ3v) is 4.06. The number of alkyl carbamates (subject to hydrolysis) is 1. The Labute approximate surface area is 116 Å². The highest BCUT2D eigenvalue weighted by atomic mass is 16.5. The molecule has 19 heavy (non-hydrogen) atoms. The zero-order valence-corrected chi connectivity index (χ0v) is 12.4. The van der Waals surface area contributed by atoms with Gasteiger partial charge in [0.15, 0.2) is 0 Å². The summed E-state index contributed by atoms with van der Waals surface area (Å²) >= 11 is 0. The molecule has 0 aromatic carbocycles. The molecule has 112 valence electrons. The van der Waals surface area contributed by atoms with Crippen LogP contribution in [0.25, 0.3) is 0 Å². The molecule has 2 N–H and O–H groups in total. The molecule has 1 saturated heterocycles. The molecule has 1 fully saturated rings. The Morgan fingerprint density at radius 1 is 1.53 bits per heavy atom. The van der Waals surface area contributed by atoms with E-state index in [1.54, 1.807) is 0 Å². The quantitative estimate of drug-likeness (QED) is 0.771. The average Bonchev–Trinajstić information content (AvgIpc) is 2.43. The second-order valence-electron chi connectivity index (χ2n) is 5.51. The Bertz CT molecular complexity index is 273. The lowest BCUT2D eigenvalue weighted by Crippen LogP contribution is -2.53. The fourth-order valence-electron chi connectivity index (χ4n) is 2.78. The number of ether oxygens (including phenoxy) is 1. The van der Waals surface area contributed by atoms with Crippen LogP contribution in [0.3, 0.4) is 0 Å². The van der Waals surface area contributed by atoms with E-state index in [9.17, 15) is 4.79 Å². The van der Waals surface area contributed by atoms with Crippen molar-refractivity contribution in [1.29, 1.82) is 0 Å². The number of carbonyl (C=O) groups excluding carboxylic acids is 1. The van der Waals surface area contributed by atoms with Crippen LogP contribution in [0, 0.1) is 5.92 Å². The Balaban J connectivity index is 2.57. The Morgan fingerprint density at radius 3 is 2.84 bits per heavy atom. The summed E-state index contributed by atoms with van der Waals surface area (Å²) in [4.78, 5) is 13.8. The number of aliphatic hydroxyl groups is 1. The van der Waals surface area contributed by atoms with Crippen molar-refractivity contribution >= 4 is 6.09 Å². The molecule has 0 bridgehead atoms. The molecule has 1 aliphatic rings. The number of aliphatic hydroxyl groups excluding tert-OH is 1. The van der Waals surface area contributed by atoms with Gasteiger partial charge in [-0.1, -0.05) is 6.92 Å². The molecule has 1 aliphatic heterocycles. The number of nitrogens with zero attached hydrogens (tertiary/aromatic N) is 1. The standard InChI is InChI=1S/C14H28N2O3/c1-4-11(2)16-9-12(6-5-7-17)8-13(10-16)15-14(18)19-3/h11-13,17H,4-10H2,1-3H3,(H,15,18). The molecular formula is C14H28N2O3. The summed E-state index contributed by atoms with van der Waals surface area (Å²) in [6.45, 7) is 6.61. The Morgan fingerprint density at radius 2 is 2.26 bits per heavy atom. The minimum atomic E-state index is -0.350. The Hall–Kier alpha value is -0.810. The first-order valence-electron chi connectivity index (χ1n) is 7.30. The largest absolute Gasteiger partial charge is 0.453 e. The first-order chi connectivity index (χ1) is 9.10. The van der Waals surface area contributed by atoms with E-state index in [-0.39, 0.29) is 18.7 Å². The van der Waals surface area contributed by atoms with Gasteiger partial charge in [-0.3, -0.25) is 4.90 Å². The molecule has 0 aromatic rings. The van der Waals surface area contributed by atoms with E-state index in [0.717, 1.165) is 38.8 Å². The van der Waals surface area contributed by atoms with Crippen LogP contribution < -0.4 is 5.32 Å². The number of piperidine rings is 1. The highest BCUT2D eigenvalue weighted by Gasteiger charge is 2.29. The van der Waals surface area contributed by atoms with E-state index in [0.29, 0.717) is 12.0 Å². The summed E-state index contributed by atoms with van der Waals surface area (Å²) in [6, 6.07) is 0.678. The number of likely N-dealkylation sites (tertiary alicyclic amines) is 1. The molecule has 5 nitrogen and oxygen atoms in total. The van der Waals surface area contributed by atoms with Gasteiger partial charge in [-0.2, -0.15) is 0 Å². The van der Waals surface area contributed by atoms with Gasteiger partial charge in [0.05, 0.1) is 7.11 Å². The Kier molecular flexibility index (Phi) is 7.16. The molecule has 0 saturated carbocycles. The van der Waals surface area contributed by atoms with Crippen LogP contribution in [0.15, 0.2) is 0 Å². The normalized spacial score (nSPS) is 25.9.